The fourth-order valence-electron chi connectivity index (χ4n) is 7.78. The number of carbonyl (C=O) groups is 1. The lowest BCUT2D eigenvalue weighted by Gasteiger charge is -2.71. The first-order chi connectivity index (χ1) is 16.8. The second-order valence-corrected chi connectivity index (χ2v) is 11.8. The van der Waals surface area contributed by atoms with Crippen molar-refractivity contribution in [1.29, 1.82) is 0 Å². The third-order valence-corrected chi connectivity index (χ3v) is 9.48. The zero-order chi connectivity index (χ0) is 23.9. The Morgan fingerprint density at radius 3 is 2.51 bits per heavy atom. The Morgan fingerprint density at radius 2 is 1.80 bits per heavy atom. The average molecular weight is 471 g/mol. The number of pyridine rings is 1. The lowest BCUT2D eigenvalue weighted by Crippen LogP contribution is -2.77. The number of aryl methyl sites for hydroxylation is 1. The molecule has 0 aliphatic heterocycles. The minimum atomic E-state index is -0.191. The first kappa shape index (κ1) is 21.3. The van der Waals surface area contributed by atoms with E-state index in [-0.39, 0.29) is 34.7 Å². The largest absolute Gasteiger partial charge is 0.490 e. The zero-order valence-corrected chi connectivity index (χ0v) is 20.3. The predicted octanol–water partition coefficient (Wildman–Crippen LogP) is 5.71. The summed E-state index contributed by atoms with van der Waals surface area (Å²) in [4.78, 5) is 17.6. The molecule has 5 fully saturated rings. The summed E-state index contributed by atoms with van der Waals surface area (Å²) in [6, 6.07) is 15.2. The topological polar surface area (TPSA) is 51.2 Å². The van der Waals surface area contributed by atoms with Crippen LogP contribution in [0, 0.1) is 36.4 Å². The quantitative estimate of drug-likeness (QED) is 0.502. The summed E-state index contributed by atoms with van der Waals surface area (Å²) >= 11 is 0. The highest BCUT2D eigenvalue weighted by atomic mass is 19.1. The SMILES string of the molecule is Cc1ccc2nccc(OC3C[C@@H]4C(C(C)C(=O)NC56CC(c7ccc(F)cc7)(C5)C6)[C@@H]4C3)c2c1. The van der Waals surface area contributed by atoms with Gasteiger partial charge in [-0.25, -0.2) is 4.39 Å². The summed E-state index contributed by atoms with van der Waals surface area (Å²) < 4.78 is 19.7. The summed E-state index contributed by atoms with van der Waals surface area (Å²) in [5.41, 5.74) is 3.50. The van der Waals surface area contributed by atoms with E-state index in [0.29, 0.717) is 17.8 Å². The molecule has 5 atom stereocenters. The van der Waals surface area contributed by atoms with Crippen molar-refractivity contribution >= 4 is 16.8 Å². The number of hydrogen-bond donors (Lipinski definition) is 1. The lowest BCUT2D eigenvalue weighted by atomic mass is 9.37. The number of rotatable bonds is 6. The van der Waals surface area contributed by atoms with Gasteiger partial charge in [0.05, 0.1) is 11.6 Å². The van der Waals surface area contributed by atoms with E-state index in [4.69, 9.17) is 4.74 Å². The van der Waals surface area contributed by atoms with Gasteiger partial charge in [0, 0.05) is 28.5 Å². The van der Waals surface area contributed by atoms with E-state index in [1.54, 1.807) is 12.1 Å². The van der Waals surface area contributed by atoms with Crippen LogP contribution in [-0.4, -0.2) is 22.5 Å². The van der Waals surface area contributed by atoms with Gasteiger partial charge in [-0.05, 0) is 92.7 Å². The molecule has 2 bridgehead atoms. The van der Waals surface area contributed by atoms with Gasteiger partial charge in [0.15, 0.2) is 0 Å². The Bertz CT molecular complexity index is 1300. The highest BCUT2D eigenvalue weighted by molar-refractivity contribution is 5.85. The molecule has 5 aliphatic rings. The van der Waals surface area contributed by atoms with Crippen molar-refractivity contribution in [2.45, 2.75) is 63.0 Å². The van der Waals surface area contributed by atoms with Gasteiger partial charge in [-0.1, -0.05) is 30.7 Å². The summed E-state index contributed by atoms with van der Waals surface area (Å²) in [6.45, 7) is 4.20. The molecule has 1 amide bonds. The molecule has 3 unspecified atom stereocenters. The minimum absolute atomic E-state index is 0.0318. The normalized spacial score (nSPS) is 34.9. The lowest BCUT2D eigenvalue weighted by molar-refractivity contribution is -0.142. The van der Waals surface area contributed by atoms with E-state index in [1.807, 2.05) is 30.5 Å². The van der Waals surface area contributed by atoms with Gasteiger partial charge in [-0.2, -0.15) is 0 Å². The third kappa shape index (κ3) is 3.30. The van der Waals surface area contributed by atoms with Crippen molar-refractivity contribution in [3.63, 3.8) is 0 Å². The fourth-order valence-corrected chi connectivity index (χ4v) is 7.78. The van der Waals surface area contributed by atoms with E-state index in [1.165, 1.54) is 11.1 Å². The van der Waals surface area contributed by atoms with Gasteiger partial charge in [-0.15, -0.1) is 0 Å². The molecule has 1 aromatic heterocycles. The van der Waals surface area contributed by atoms with Crippen LogP contribution in [-0.2, 0) is 10.2 Å². The molecule has 1 heterocycles. The predicted molar refractivity (Wildman–Crippen MR) is 133 cm³/mol. The molecular formula is C30H31FN2O2. The molecule has 0 spiro atoms. The summed E-state index contributed by atoms with van der Waals surface area (Å²) in [7, 11) is 0. The number of nitrogens with zero attached hydrogens (tertiary/aromatic N) is 1. The first-order valence-electron chi connectivity index (χ1n) is 12.9. The molecule has 1 N–H and O–H groups in total. The van der Waals surface area contributed by atoms with Crippen LogP contribution in [0.4, 0.5) is 4.39 Å². The van der Waals surface area contributed by atoms with Crippen LogP contribution in [0.1, 0.15) is 50.2 Å². The Hall–Kier alpha value is -2.95. The van der Waals surface area contributed by atoms with Crippen molar-refractivity contribution in [3.8, 4) is 5.75 Å². The van der Waals surface area contributed by atoms with Gasteiger partial charge < -0.3 is 10.1 Å². The molecule has 0 radical (unpaired) electrons. The van der Waals surface area contributed by atoms with Gasteiger partial charge in [0.2, 0.25) is 5.91 Å². The van der Waals surface area contributed by atoms with E-state index < -0.39 is 0 Å². The molecule has 180 valence electrons. The van der Waals surface area contributed by atoms with Crippen LogP contribution >= 0.6 is 0 Å². The molecule has 5 saturated carbocycles. The summed E-state index contributed by atoms with van der Waals surface area (Å²) in [5.74, 6) is 2.65. The van der Waals surface area contributed by atoms with E-state index >= 15 is 0 Å². The van der Waals surface area contributed by atoms with Crippen LogP contribution in [0.3, 0.4) is 0 Å². The monoisotopic (exact) mass is 470 g/mol. The average Bonchev–Trinajstić information content (AvgIpc) is 3.30. The van der Waals surface area contributed by atoms with Crippen molar-refractivity contribution in [3.05, 3.63) is 71.7 Å². The Labute approximate surface area is 205 Å². The molecule has 5 heteroatoms. The molecule has 5 aliphatic carbocycles. The van der Waals surface area contributed by atoms with Crippen molar-refractivity contribution in [1.82, 2.24) is 10.3 Å². The van der Waals surface area contributed by atoms with Crippen LogP contribution in [0.5, 0.6) is 5.75 Å². The summed E-state index contributed by atoms with van der Waals surface area (Å²) in [6.07, 6.45) is 7.05. The highest BCUT2D eigenvalue weighted by Gasteiger charge is 2.69. The summed E-state index contributed by atoms with van der Waals surface area (Å²) in [5, 5.41) is 4.48. The number of carbonyl (C=O) groups excluding carboxylic acids is 1. The van der Waals surface area contributed by atoms with Crippen LogP contribution in [0.15, 0.2) is 54.7 Å². The van der Waals surface area contributed by atoms with Gasteiger partial charge in [0.25, 0.3) is 0 Å². The molecule has 3 aromatic rings. The first-order valence-corrected chi connectivity index (χ1v) is 12.9. The minimum Gasteiger partial charge on any atom is -0.490 e. The number of nitrogens with one attached hydrogen (secondary N) is 1. The molecule has 35 heavy (non-hydrogen) atoms. The van der Waals surface area contributed by atoms with E-state index in [0.717, 1.165) is 48.8 Å². The number of fused-ring (bicyclic) bond motifs is 2. The zero-order valence-electron chi connectivity index (χ0n) is 20.3. The highest BCUT2D eigenvalue weighted by Crippen LogP contribution is 2.68. The maximum Gasteiger partial charge on any atom is 0.223 e. The maximum atomic E-state index is 13.3. The number of hydrogen-bond acceptors (Lipinski definition) is 3. The van der Waals surface area contributed by atoms with Crippen LogP contribution in [0.25, 0.3) is 10.9 Å². The van der Waals surface area contributed by atoms with Crippen molar-refractivity contribution in [2.24, 2.45) is 23.7 Å². The van der Waals surface area contributed by atoms with Crippen LogP contribution < -0.4 is 10.1 Å². The maximum absolute atomic E-state index is 13.3. The smallest absolute Gasteiger partial charge is 0.223 e. The molecule has 8 rings (SSSR count). The van der Waals surface area contributed by atoms with E-state index in [2.05, 4.69) is 36.3 Å². The van der Waals surface area contributed by atoms with Gasteiger partial charge in [0.1, 0.15) is 11.6 Å². The number of ether oxygens (including phenoxy) is 1. The molecule has 2 aromatic carbocycles. The van der Waals surface area contributed by atoms with Crippen LogP contribution in [0.2, 0.25) is 0 Å². The fraction of sp³-hybridized carbons (Fsp3) is 0.467. The second-order valence-electron chi connectivity index (χ2n) is 11.8. The number of amides is 1. The number of halogens is 1. The van der Waals surface area contributed by atoms with E-state index in [9.17, 15) is 9.18 Å². The Kier molecular flexibility index (Phi) is 4.44. The third-order valence-electron chi connectivity index (χ3n) is 9.48. The Morgan fingerprint density at radius 1 is 1.09 bits per heavy atom. The molecule has 0 saturated heterocycles. The Balaban J connectivity index is 0.936. The second kappa shape index (κ2) is 7.28. The molecular weight excluding hydrogens is 439 g/mol. The van der Waals surface area contributed by atoms with Crippen molar-refractivity contribution < 1.29 is 13.9 Å². The number of aromatic nitrogens is 1. The molecule has 4 nitrogen and oxygen atoms in total. The van der Waals surface area contributed by atoms with Gasteiger partial charge >= 0.3 is 0 Å². The standard InChI is InChI=1S/C30H31FN2O2/c1-17-3-8-25-24(11-17)26(9-10-32-25)35-21-12-22-23(13-21)27(22)18(2)28(34)33-30-14-29(15-30,16-30)19-4-6-20(31)7-5-19/h3-11,18,21-23,27H,12-16H2,1-2H3,(H,33,34)/t18?,21?,22-,23+,27?,29?,30?. The van der Waals surface area contributed by atoms with Gasteiger partial charge in [-0.3, -0.25) is 9.78 Å². The van der Waals surface area contributed by atoms with Crippen molar-refractivity contribution in [2.75, 3.05) is 0 Å². The number of benzene rings is 2.